The highest BCUT2D eigenvalue weighted by molar-refractivity contribution is 5.92. The standard InChI is InChI=1S/C15H23N3O3/c1-18-8-14(16-10-18)15(19)17-13-4-7-21-9-12(13)11-2-5-20-6-3-11/h8,10-13H,2-7,9H2,1H3,(H,17,19)/t12-,13-/m0/s1. The summed E-state index contributed by atoms with van der Waals surface area (Å²) in [6.45, 7) is 3.09. The number of hydrogen-bond acceptors (Lipinski definition) is 4. The molecule has 2 atom stereocenters. The number of carbonyl (C=O) groups excluding carboxylic acids is 1. The Kier molecular flexibility index (Phi) is 4.55. The first-order valence-corrected chi connectivity index (χ1v) is 7.68. The fourth-order valence-corrected chi connectivity index (χ4v) is 3.32. The zero-order valence-electron chi connectivity index (χ0n) is 12.5. The number of nitrogens with one attached hydrogen (secondary N) is 1. The minimum Gasteiger partial charge on any atom is -0.381 e. The normalized spacial score (nSPS) is 27.5. The lowest BCUT2D eigenvalue weighted by atomic mass is 9.79. The van der Waals surface area contributed by atoms with Crippen molar-refractivity contribution in [3.8, 4) is 0 Å². The molecule has 0 spiro atoms. The van der Waals surface area contributed by atoms with Gasteiger partial charge in [0.05, 0.1) is 12.9 Å². The van der Waals surface area contributed by atoms with Crippen LogP contribution in [0.1, 0.15) is 29.8 Å². The van der Waals surface area contributed by atoms with Crippen molar-refractivity contribution in [2.75, 3.05) is 26.4 Å². The van der Waals surface area contributed by atoms with Crippen molar-refractivity contribution >= 4 is 5.91 Å². The lowest BCUT2D eigenvalue weighted by molar-refractivity contribution is -0.0259. The van der Waals surface area contributed by atoms with Gasteiger partial charge < -0.3 is 19.4 Å². The van der Waals surface area contributed by atoms with Crippen molar-refractivity contribution in [2.45, 2.75) is 25.3 Å². The third-order valence-corrected chi connectivity index (χ3v) is 4.53. The fraction of sp³-hybridized carbons (Fsp3) is 0.733. The Morgan fingerprint density at radius 1 is 1.29 bits per heavy atom. The molecule has 3 heterocycles. The van der Waals surface area contributed by atoms with Crippen LogP contribution in [0.25, 0.3) is 0 Å². The van der Waals surface area contributed by atoms with E-state index in [1.54, 1.807) is 17.1 Å². The number of amides is 1. The van der Waals surface area contributed by atoms with Gasteiger partial charge in [-0.05, 0) is 25.2 Å². The molecule has 1 aromatic rings. The lowest BCUT2D eigenvalue weighted by Crippen LogP contribution is -2.49. The molecule has 0 unspecified atom stereocenters. The van der Waals surface area contributed by atoms with E-state index in [9.17, 15) is 4.79 Å². The lowest BCUT2D eigenvalue weighted by Gasteiger charge is -2.38. The van der Waals surface area contributed by atoms with Crippen LogP contribution in [0.5, 0.6) is 0 Å². The smallest absolute Gasteiger partial charge is 0.271 e. The second-order valence-corrected chi connectivity index (χ2v) is 5.98. The van der Waals surface area contributed by atoms with Crippen LogP contribution >= 0.6 is 0 Å². The Bertz CT molecular complexity index is 482. The number of ether oxygens (including phenoxy) is 2. The first kappa shape index (κ1) is 14.5. The fourth-order valence-electron chi connectivity index (χ4n) is 3.32. The van der Waals surface area contributed by atoms with Crippen LogP contribution in [-0.4, -0.2) is 47.9 Å². The Hall–Kier alpha value is -1.40. The molecule has 116 valence electrons. The summed E-state index contributed by atoms with van der Waals surface area (Å²) in [5.41, 5.74) is 0.481. The molecule has 6 nitrogen and oxygen atoms in total. The zero-order chi connectivity index (χ0) is 14.7. The van der Waals surface area contributed by atoms with Gasteiger partial charge in [0.25, 0.3) is 5.91 Å². The van der Waals surface area contributed by atoms with Crippen molar-refractivity contribution in [1.29, 1.82) is 0 Å². The highest BCUT2D eigenvalue weighted by Crippen LogP contribution is 2.30. The highest BCUT2D eigenvalue weighted by atomic mass is 16.5. The minimum atomic E-state index is -0.0837. The molecule has 6 heteroatoms. The number of aromatic nitrogens is 2. The number of hydrogen-bond donors (Lipinski definition) is 1. The van der Waals surface area contributed by atoms with Crippen molar-refractivity contribution in [3.63, 3.8) is 0 Å². The van der Waals surface area contributed by atoms with E-state index in [0.29, 0.717) is 24.1 Å². The van der Waals surface area contributed by atoms with Gasteiger partial charge in [0.2, 0.25) is 0 Å². The van der Waals surface area contributed by atoms with Gasteiger partial charge in [-0.3, -0.25) is 4.79 Å². The van der Waals surface area contributed by atoms with E-state index < -0.39 is 0 Å². The molecule has 2 fully saturated rings. The maximum absolute atomic E-state index is 12.3. The SMILES string of the molecule is Cn1cnc(C(=O)N[C@H]2CCOC[C@H]2C2CCOCC2)c1. The third kappa shape index (κ3) is 3.44. The summed E-state index contributed by atoms with van der Waals surface area (Å²) in [6, 6.07) is 0.177. The molecule has 0 aromatic carbocycles. The number of aryl methyl sites for hydroxylation is 1. The van der Waals surface area contributed by atoms with Gasteiger partial charge in [-0.25, -0.2) is 4.98 Å². The molecule has 0 bridgehead atoms. The van der Waals surface area contributed by atoms with Gasteiger partial charge in [-0.15, -0.1) is 0 Å². The molecule has 1 aromatic heterocycles. The summed E-state index contributed by atoms with van der Waals surface area (Å²) in [5.74, 6) is 0.878. The largest absolute Gasteiger partial charge is 0.381 e. The second kappa shape index (κ2) is 6.58. The van der Waals surface area contributed by atoms with Gasteiger partial charge in [-0.2, -0.15) is 0 Å². The van der Waals surface area contributed by atoms with E-state index in [1.165, 1.54) is 0 Å². The number of carbonyl (C=O) groups is 1. The molecule has 3 rings (SSSR count). The van der Waals surface area contributed by atoms with E-state index in [1.807, 2.05) is 7.05 Å². The number of nitrogens with zero attached hydrogens (tertiary/aromatic N) is 2. The first-order chi connectivity index (χ1) is 10.2. The minimum absolute atomic E-state index is 0.0837. The average Bonchev–Trinajstić information content (AvgIpc) is 2.95. The summed E-state index contributed by atoms with van der Waals surface area (Å²) in [5, 5.41) is 3.16. The maximum Gasteiger partial charge on any atom is 0.271 e. The quantitative estimate of drug-likeness (QED) is 0.902. The predicted molar refractivity (Wildman–Crippen MR) is 76.9 cm³/mol. The van der Waals surface area contributed by atoms with Gasteiger partial charge >= 0.3 is 0 Å². The Morgan fingerprint density at radius 2 is 2.05 bits per heavy atom. The van der Waals surface area contributed by atoms with Gasteiger partial charge in [0.1, 0.15) is 5.69 Å². The van der Waals surface area contributed by atoms with Crippen molar-refractivity contribution < 1.29 is 14.3 Å². The molecular weight excluding hydrogens is 270 g/mol. The first-order valence-electron chi connectivity index (χ1n) is 7.68. The Balaban J connectivity index is 1.64. The van der Waals surface area contributed by atoms with Crippen molar-refractivity contribution in [3.05, 3.63) is 18.2 Å². The Morgan fingerprint density at radius 3 is 2.76 bits per heavy atom. The van der Waals surface area contributed by atoms with Crippen LogP contribution in [0.3, 0.4) is 0 Å². The summed E-state index contributed by atoms with van der Waals surface area (Å²) in [7, 11) is 1.86. The van der Waals surface area contributed by atoms with Crippen molar-refractivity contribution in [1.82, 2.24) is 14.9 Å². The van der Waals surface area contributed by atoms with Gasteiger partial charge in [0, 0.05) is 45.0 Å². The number of imidazole rings is 1. The molecule has 2 aliphatic heterocycles. The van der Waals surface area contributed by atoms with Gasteiger partial charge in [0.15, 0.2) is 0 Å². The van der Waals surface area contributed by atoms with E-state index in [2.05, 4.69) is 10.3 Å². The van der Waals surface area contributed by atoms with Gasteiger partial charge in [-0.1, -0.05) is 0 Å². The highest BCUT2D eigenvalue weighted by Gasteiger charge is 2.34. The van der Waals surface area contributed by atoms with E-state index in [0.717, 1.165) is 39.1 Å². The monoisotopic (exact) mass is 293 g/mol. The van der Waals surface area contributed by atoms with Crippen LogP contribution in [0.15, 0.2) is 12.5 Å². The summed E-state index contributed by atoms with van der Waals surface area (Å²) >= 11 is 0. The predicted octanol–water partition coefficient (Wildman–Crippen LogP) is 0.982. The topological polar surface area (TPSA) is 65.4 Å². The van der Waals surface area contributed by atoms with E-state index >= 15 is 0 Å². The molecule has 1 amide bonds. The second-order valence-electron chi connectivity index (χ2n) is 5.98. The molecule has 0 aliphatic carbocycles. The average molecular weight is 293 g/mol. The summed E-state index contributed by atoms with van der Waals surface area (Å²) in [6.07, 6.45) is 6.39. The molecule has 2 saturated heterocycles. The Labute approximate surface area is 124 Å². The molecule has 2 aliphatic rings. The van der Waals surface area contributed by atoms with Crippen LogP contribution < -0.4 is 5.32 Å². The zero-order valence-corrected chi connectivity index (χ0v) is 12.5. The van der Waals surface area contributed by atoms with Crippen LogP contribution in [-0.2, 0) is 16.5 Å². The number of rotatable bonds is 3. The summed E-state index contributed by atoms with van der Waals surface area (Å²) in [4.78, 5) is 16.4. The van der Waals surface area contributed by atoms with Crippen LogP contribution in [0.4, 0.5) is 0 Å². The van der Waals surface area contributed by atoms with E-state index in [4.69, 9.17) is 9.47 Å². The molecule has 0 saturated carbocycles. The summed E-state index contributed by atoms with van der Waals surface area (Å²) < 4.78 is 12.9. The van der Waals surface area contributed by atoms with Crippen LogP contribution in [0, 0.1) is 11.8 Å². The molecule has 0 radical (unpaired) electrons. The molecule has 21 heavy (non-hydrogen) atoms. The van der Waals surface area contributed by atoms with Crippen LogP contribution in [0.2, 0.25) is 0 Å². The molecule has 1 N–H and O–H groups in total. The third-order valence-electron chi connectivity index (χ3n) is 4.53. The maximum atomic E-state index is 12.3. The van der Waals surface area contributed by atoms with Crippen molar-refractivity contribution in [2.24, 2.45) is 18.9 Å². The molecular formula is C15H23N3O3. The van der Waals surface area contributed by atoms with E-state index in [-0.39, 0.29) is 11.9 Å².